The molecule has 2 aromatic carbocycles. The van der Waals surface area contributed by atoms with Gasteiger partial charge in [-0.25, -0.2) is 4.52 Å². The van der Waals surface area contributed by atoms with E-state index in [1.54, 1.807) is 6.07 Å². The highest BCUT2D eigenvalue weighted by atomic mass is 35.5. The molecule has 0 fully saturated rings. The summed E-state index contributed by atoms with van der Waals surface area (Å²) in [5.41, 5.74) is 1.21. The second kappa shape index (κ2) is 8.16. The fourth-order valence-corrected chi connectivity index (χ4v) is 3.42. The number of aromatic nitrogens is 3. The summed E-state index contributed by atoms with van der Waals surface area (Å²) in [6.45, 7) is 1.58. The van der Waals surface area contributed by atoms with Gasteiger partial charge in [0.15, 0.2) is 0 Å². The molecular weight excluding hydrogens is 445 g/mol. The van der Waals surface area contributed by atoms with E-state index in [4.69, 9.17) is 11.6 Å². The monoisotopic (exact) mass is 460 g/mol. The summed E-state index contributed by atoms with van der Waals surface area (Å²) in [6.07, 6.45) is -1.73. The largest absolute Gasteiger partial charge is 0.417 e. The first-order valence-corrected chi connectivity index (χ1v) is 9.82. The van der Waals surface area contributed by atoms with Crippen molar-refractivity contribution in [3.8, 4) is 11.3 Å². The molecule has 2 aromatic heterocycles. The van der Waals surface area contributed by atoms with Gasteiger partial charge in [-0.2, -0.15) is 18.3 Å². The van der Waals surface area contributed by atoms with Crippen LogP contribution in [-0.4, -0.2) is 20.1 Å². The highest BCUT2D eigenvalue weighted by molar-refractivity contribution is 6.31. The summed E-state index contributed by atoms with van der Waals surface area (Å²) in [6, 6.07) is 12.3. The lowest BCUT2D eigenvalue weighted by Crippen LogP contribution is -2.28. The first-order valence-electron chi connectivity index (χ1n) is 9.44. The van der Waals surface area contributed by atoms with Crippen molar-refractivity contribution >= 4 is 28.7 Å². The van der Waals surface area contributed by atoms with Crippen molar-refractivity contribution in [2.75, 3.05) is 5.32 Å². The highest BCUT2D eigenvalue weighted by Crippen LogP contribution is 2.36. The Morgan fingerprint density at radius 1 is 1.09 bits per heavy atom. The number of nitrogens with one attached hydrogen (secondary N) is 1. The first-order chi connectivity index (χ1) is 15.1. The van der Waals surface area contributed by atoms with E-state index in [0.717, 1.165) is 27.8 Å². The lowest BCUT2D eigenvalue weighted by Gasteiger charge is -2.12. The van der Waals surface area contributed by atoms with Crippen molar-refractivity contribution in [2.24, 2.45) is 0 Å². The minimum absolute atomic E-state index is 0.0770. The number of fused-ring (bicyclic) bond motifs is 1. The van der Waals surface area contributed by atoms with Crippen molar-refractivity contribution in [3.05, 3.63) is 87.4 Å². The molecule has 1 N–H and O–H groups in total. The van der Waals surface area contributed by atoms with Crippen LogP contribution in [-0.2, 0) is 17.5 Å². The van der Waals surface area contributed by atoms with Gasteiger partial charge in [0.05, 0.1) is 16.3 Å². The van der Waals surface area contributed by atoms with Crippen LogP contribution in [0.25, 0.3) is 16.8 Å². The van der Waals surface area contributed by atoms with Crippen molar-refractivity contribution in [1.82, 2.24) is 14.2 Å². The van der Waals surface area contributed by atoms with Crippen LogP contribution in [0.5, 0.6) is 0 Å². The zero-order valence-electron chi connectivity index (χ0n) is 16.7. The molecule has 0 radical (unpaired) electrons. The quantitative estimate of drug-likeness (QED) is 0.476. The topological polar surface area (TPSA) is 68.4 Å². The third-order valence-corrected chi connectivity index (χ3v) is 5.15. The Morgan fingerprint density at radius 2 is 1.81 bits per heavy atom. The highest BCUT2D eigenvalue weighted by Gasteiger charge is 2.33. The predicted molar refractivity (Wildman–Crippen MR) is 115 cm³/mol. The van der Waals surface area contributed by atoms with Crippen LogP contribution in [0.4, 0.5) is 18.9 Å². The number of alkyl halides is 3. The molecule has 0 saturated carbocycles. The Bertz CT molecular complexity index is 1370. The molecule has 32 heavy (non-hydrogen) atoms. The van der Waals surface area contributed by atoms with E-state index in [-0.39, 0.29) is 17.7 Å². The van der Waals surface area contributed by atoms with Gasteiger partial charge in [-0.3, -0.25) is 9.59 Å². The summed E-state index contributed by atoms with van der Waals surface area (Å²) in [5.74, 6) is -0.662. The average molecular weight is 461 g/mol. The van der Waals surface area contributed by atoms with Gasteiger partial charge in [0.2, 0.25) is 5.91 Å². The number of benzene rings is 2. The molecule has 0 bridgehead atoms. The second-order valence-corrected chi connectivity index (χ2v) is 7.60. The summed E-state index contributed by atoms with van der Waals surface area (Å²) in [5, 5.41) is 6.28. The SMILES string of the molecule is Cc1ccc(-c2cc3c(=O)n(CC(=O)Nc4ccc(Cl)c(C(F)(F)F)c4)ccn3n2)cc1. The van der Waals surface area contributed by atoms with Gasteiger partial charge < -0.3 is 9.88 Å². The van der Waals surface area contributed by atoms with E-state index < -0.39 is 28.2 Å². The van der Waals surface area contributed by atoms with Crippen LogP contribution in [0.2, 0.25) is 5.02 Å². The molecule has 0 aliphatic rings. The predicted octanol–water partition coefficient (Wildman–Crippen LogP) is 4.78. The Balaban J connectivity index is 1.57. The number of nitrogens with zero attached hydrogens (tertiary/aromatic N) is 3. The Morgan fingerprint density at radius 3 is 2.50 bits per heavy atom. The minimum Gasteiger partial charge on any atom is -0.325 e. The lowest BCUT2D eigenvalue weighted by atomic mass is 10.1. The number of rotatable bonds is 4. The summed E-state index contributed by atoms with van der Waals surface area (Å²) >= 11 is 5.59. The van der Waals surface area contributed by atoms with Gasteiger partial charge in [0.25, 0.3) is 5.56 Å². The van der Waals surface area contributed by atoms with E-state index in [2.05, 4.69) is 10.4 Å². The summed E-state index contributed by atoms with van der Waals surface area (Å²) in [7, 11) is 0. The smallest absolute Gasteiger partial charge is 0.325 e. The lowest BCUT2D eigenvalue weighted by molar-refractivity contribution is -0.137. The maximum atomic E-state index is 13.0. The van der Waals surface area contributed by atoms with Crippen molar-refractivity contribution < 1.29 is 18.0 Å². The van der Waals surface area contributed by atoms with Crippen LogP contribution < -0.4 is 10.9 Å². The zero-order chi connectivity index (χ0) is 23.0. The Kier molecular flexibility index (Phi) is 5.52. The maximum Gasteiger partial charge on any atom is 0.417 e. The molecule has 0 spiro atoms. The molecule has 0 unspecified atom stereocenters. The van der Waals surface area contributed by atoms with Crippen LogP contribution in [0.1, 0.15) is 11.1 Å². The molecule has 4 rings (SSSR count). The Hall–Kier alpha value is -3.59. The summed E-state index contributed by atoms with van der Waals surface area (Å²) in [4.78, 5) is 25.2. The number of anilines is 1. The number of hydrogen-bond donors (Lipinski definition) is 1. The number of hydrogen-bond acceptors (Lipinski definition) is 3. The van der Waals surface area contributed by atoms with Crippen molar-refractivity contribution in [3.63, 3.8) is 0 Å². The third-order valence-electron chi connectivity index (χ3n) is 4.82. The van der Waals surface area contributed by atoms with Gasteiger partial charge in [-0.15, -0.1) is 0 Å². The number of halogens is 4. The molecule has 0 aliphatic carbocycles. The number of aryl methyl sites for hydroxylation is 1. The van der Waals surface area contributed by atoms with E-state index >= 15 is 0 Å². The molecule has 10 heteroatoms. The van der Waals surface area contributed by atoms with Crippen LogP contribution >= 0.6 is 11.6 Å². The van der Waals surface area contributed by atoms with Gasteiger partial charge in [0, 0.05) is 23.6 Å². The third kappa shape index (κ3) is 4.38. The molecule has 164 valence electrons. The van der Waals surface area contributed by atoms with Crippen LogP contribution in [0.15, 0.2) is 65.7 Å². The van der Waals surface area contributed by atoms with Gasteiger partial charge >= 0.3 is 6.18 Å². The molecule has 0 aliphatic heterocycles. The fraction of sp³-hybridized carbons (Fsp3) is 0.136. The van der Waals surface area contributed by atoms with Crippen LogP contribution in [0.3, 0.4) is 0 Å². The van der Waals surface area contributed by atoms with Gasteiger partial charge in [-0.1, -0.05) is 41.4 Å². The van der Waals surface area contributed by atoms with E-state index in [1.807, 2.05) is 31.2 Å². The Labute approximate surface area is 184 Å². The zero-order valence-corrected chi connectivity index (χ0v) is 17.4. The number of carbonyl (C=O) groups excluding carboxylic acids is 1. The average Bonchev–Trinajstić information content (AvgIpc) is 3.16. The molecule has 0 saturated heterocycles. The number of carbonyl (C=O) groups is 1. The van der Waals surface area contributed by atoms with Crippen molar-refractivity contribution in [2.45, 2.75) is 19.6 Å². The molecule has 4 aromatic rings. The minimum atomic E-state index is -4.66. The van der Waals surface area contributed by atoms with Gasteiger partial charge in [-0.05, 0) is 31.2 Å². The van der Waals surface area contributed by atoms with E-state index in [0.29, 0.717) is 5.69 Å². The van der Waals surface area contributed by atoms with Gasteiger partial charge in [0.1, 0.15) is 12.1 Å². The number of amides is 1. The normalized spacial score (nSPS) is 11.7. The molecule has 1 amide bonds. The standard InChI is InChI=1S/C22H16ClF3N4O2/c1-13-2-4-14(5-3-13)18-11-19-21(32)29(8-9-30(19)28-18)12-20(31)27-15-6-7-17(23)16(10-15)22(24,25)26/h2-11H,12H2,1H3,(H,27,31). The fourth-order valence-electron chi connectivity index (χ4n) is 3.19. The second-order valence-electron chi connectivity index (χ2n) is 7.20. The molecule has 6 nitrogen and oxygen atoms in total. The molecular formula is C22H16ClF3N4O2. The summed E-state index contributed by atoms with van der Waals surface area (Å²) < 4.78 is 41.6. The first kappa shape index (κ1) is 21.6. The molecule has 2 heterocycles. The van der Waals surface area contributed by atoms with Crippen LogP contribution in [0, 0.1) is 6.92 Å². The maximum absolute atomic E-state index is 13.0. The van der Waals surface area contributed by atoms with E-state index in [1.165, 1.54) is 23.0 Å². The molecule has 0 atom stereocenters. The van der Waals surface area contributed by atoms with Crippen molar-refractivity contribution in [1.29, 1.82) is 0 Å². The van der Waals surface area contributed by atoms with E-state index in [9.17, 15) is 22.8 Å².